The summed E-state index contributed by atoms with van der Waals surface area (Å²) in [7, 11) is 1.60. The van der Waals surface area contributed by atoms with E-state index >= 15 is 0 Å². The van der Waals surface area contributed by atoms with Crippen LogP contribution < -0.4 is 15.2 Å². The molecule has 2 aromatic carbocycles. The topological polar surface area (TPSA) is 44.5 Å². The van der Waals surface area contributed by atoms with Crippen LogP contribution in [0.5, 0.6) is 11.5 Å². The number of methoxy groups -OCH3 is 1. The molecular formula is C17H19NO2S. The molecule has 0 aliphatic rings. The molecule has 0 spiro atoms. The molecule has 4 heteroatoms. The first-order chi connectivity index (χ1) is 10.0. The fraction of sp³-hybridized carbons (Fsp3) is 0.235. The van der Waals surface area contributed by atoms with Crippen LogP contribution in [-0.2, 0) is 6.61 Å². The molecule has 2 aromatic rings. The van der Waals surface area contributed by atoms with Gasteiger partial charge in [0.1, 0.15) is 23.1 Å². The molecule has 2 rings (SSSR count). The standard InChI is InChI=1S/C17H19NO2S/c1-11-4-6-15(12(2)8-11)20-10-13-5-7-16(19-3)14(9-13)17(18)21/h4-9H,10H2,1-3H3,(H2,18,21). The largest absolute Gasteiger partial charge is 0.496 e. The van der Waals surface area contributed by atoms with Crippen LogP contribution in [0.3, 0.4) is 0 Å². The van der Waals surface area contributed by atoms with Crippen molar-refractivity contribution in [3.8, 4) is 11.5 Å². The number of thiocarbonyl (C=S) groups is 1. The lowest BCUT2D eigenvalue weighted by Crippen LogP contribution is -2.12. The zero-order valence-corrected chi connectivity index (χ0v) is 13.3. The number of hydrogen-bond donors (Lipinski definition) is 1. The Balaban J connectivity index is 2.16. The third-order valence-corrected chi connectivity index (χ3v) is 3.47. The quantitative estimate of drug-likeness (QED) is 0.858. The van der Waals surface area contributed by atoms with Crippen molar-refractivity contribution in [2.75, 3.05) is 7.11 Å². The van der Waals surface area contributed by atoms with Crippen LogP contribution in [0, 0.1) is 13.8 Å². The van der Waals surface area contributed by atoms with Gasteiger partial charge in [-0.3, -0.25) is 0 Å². The monoisotopic (exact) mass is 301 g/mol. The van der Waals surface area contributed by atoms with E-state index in [2.05, 4.69) is 13.0 Å². The highest BCUT2D eigenvalue weighted by molar-refractivity contribution is 7.80. The number of benzene rings is 2. The Morgan fingerprint density at radius 3 is 2.43 bits per heavy atom. The summed E-state index contributed by atoms with van der Waals surface area (Å²) in [6, 6.07) is 11.8. The Morgan fingerprint density at radius 2 is 1.81 bits per heavy atom. The van der Waals surface area contributed by atoms with Crippen LogP contribution in [0.2, 0.25) is 0 Å². The van der Waals surface area contributed by atoms with Crippen molar-refractivity contribution in [2.24, 2.45) is 5.73 Å². The Hall–Kier alpha value is -2.07. The van der Waals surface area contributed by atoms with E-state index < -0.39 is 0 Å². The predicted octanol–water partition coefficient (Wildman–Crippen LogP) is 3.53. The molecule has 2 N–H and O–H groups in total. The summed E-state index contributed by atoms with van der Waals surface area (Å²) < 4.78 is 11.1. The second-order valence-corrected chi connectivity index (χ2v) is 5.40. The molecule has 0 aliphatic carbocycles. The minimum atomic E-state index is 0.320. The van der Waals surface area contributed by atoms with Gasteiger partial charge < -0.3 is 15.2 Å². The van der Waals surface area contributed by atoms with E-state index in [1.54, 1.807) is 7.11 Å². The van der Waals surface area contributed by atoms with E-state index in [-0.39, 0.29) is 0 Å². The Labute approximate surface area is 130 Å². The van der Waals surface area contributed by atoms with Gasteiger partial charge in [-0.15, -0.1) is 0 Å². The van der Waals surface area contributed by atoms with Crippen molar-refractivity contribution >= 4 is 17.2 Å². The Bertz CT molecular complexity index is 668. The van der Waals surface area contributed by atoms with Crippen LogP contribution in [0.15, 0.2) is 36.4 Å². The second kappa shape index (κ2) is 6.59. The molecule has 0 aromatic heterocycles. The molecule has 0 saturated heterocycles. The lowest BCUT2D eigenvalue weighted by Gasteiger charge is -2.12. The molecule has 0 amide bonds. The average Bonchev–Trinajstić information content (AvgIpc) is 2.46. The van der Waals surface area contributed by atoms with E-state index in [1.807, 2.05) is 37.3 Å². The fourth-order valence-corrected chi connectivity index (χ4v) is 2.32. The summed E-state index contributed by atoms with van der Waals surface area (Å²) in [4.78, 5) is 0.320. The second-order valence-electron chi connectivity index (χ2n) is 4.96. The maximum atomic E-state index is 5.86. The van der Waals surface area contributed by atoms with Gasteiger partial charge >= 0.3 is 0 Å². The first-order valence-corrected chi connectivity index (χ1v) is 7.09. The third-order valence-electron chi connectivity index (χ3n) is 3.25. The summed E-state index contributed by atoms with van der Waals surface area (Å²) in [5.41, 5.74) is 9.79. The van der Waals surface area contributed by atoms with Gasteiger partial charge in [0.05, 0.1) is 12.7 Å². The van der Waals surface area contributed by atoms with Crippen molar-refractivity contribution < 1.29 is 9.47 Å². The van der Waals surface area contributed by atoms with Gasteiger partial charge in [-0.2, -0.15) is 0 Å². The summed E-state index contributed by atoms with van der Waals surface area (Å²) in [5.74, 6) is 1.56. The van der Waals surface area contributed by atoms with Crippen molar-refractivity contribution in [1.29, 1.82) is 0 Å². The lowest BCUT2D eigenvalue weighted by atomic mass is 10.1. The average molecular weight is 301 g/mol. The number of ether oxygens (including phenoxy) is 2. The number of rotatable bonds is 5. The highest BCUT2D eigenvalue weighted by Gasteiger charge is 2.08. The molecule has 0 heterocycles. The lowest BCUT2D eigenvalue weighted by molar-refractivity contribution is 0.304. The summed E-state index contributed by atoms with van der Waals surface area (Å²) in [6.45, 7) is 4.56. The Kier molecular flexibility index (Phi) is 4.81. The van der Waals surface area contributed by atoms with Crippen LogP contribution in [-0.4, -0.2) is 12.1 Å². The molecule has 0 radical (unpaired) electrons. The zero-order valence-electron chi connectivity index (χ0n) is 12.5. The zero-order chi connectivity index (χ0) is 15.4. The van der Waals surface area contributed by atoms with E-state index in [1.165, 1.54) is 5.56 Å². The van der Waals surface area contributed by atoms with E-state index in [9.17, 15) is 0 Å². The SMILES string of the molecule is COc1ccc(COc2ccc(C)cc2C)cc1C(N)=S. The Morgan fingerprint density at radius 1 is 1.10 bits per heavy atom. The van der Waals surface area contributed by atoms with Crippen LogP contribution in [0.25, 0.3) is 0 Å². The van der Waals surface area contributed by atoms with E-state index in [0.29, 0.717) is 17.3 Å². The van der Waals surface area contributed by atoms with E-state index in [4.69, 9.17) is 27.4 Å². The fourth-order valence-electron chi connectivity index (χ4n) is 2.16. The highest BCUT2D eigenvalue weighted by atomic mass is 32.1. The van der Waals surface area contributed by atoms with Crippen LogP contribution >= 0.6 is 12.2 Å². The molecule has 0 fully saturated rings. The summed E-state index contributed by atoms with van der Waals surface area (Å²) in [6.07, 6.45) is 0. The summed E-state index contributed by atoms with van der Waals surface area (Å²) >= 11 is 5.05. The first-order valence-electron chi connectivity index (χ1n) is 6.68. The van der Waals surface area contributed by atoms with E-state index in [0.717, 1.165) is 22.4 Å². The minimum absolute atomic E-state index is 0.320. The third kappa shape index (κ3) is 3.73. The van der Waals surface area contributed by atoms with Crippen molar-refractivity contribution in [3.63, 3.8) is 0 Å². The number of aryl methyl sites for hydroxylation is 2. The van der Waals surface area contributed by atoms with Gasteiger partial charge in [0, 0.05) is 0 Å². The molecule has 0 bridgehead atoms. The number of hydrogen-bond acceptors (Lipinski definition) is 3. The molecule has 0 unspecified atom stereocenters. The van der Waals surface area contributed by atoms with Crippen LogP contribution in [0.1, 0.15) is 22.3 Å². The maximum Gasteiger partial charge on any atom is 0.129 e. The smallest absolute Gasteiger partial charge is 0.129 e. The predicted molar refractivity (Wildman–Crippen MR) is 89.1 cm³/mol. The highest BCUT2D eigenvalue weighted by Crippen LogP contribution is 2.23. The molecular weight excluding hydrogens is 282 g/mol. The molecule has 110 valence electrons. The molecule has 21 heavy (non-hydrogen) atoms. The normalized spacial score (nSPS) is 10.2. The van der Waals surface area contributed by atoms with Gasteiger partial charge in [-0.1, -0.05) is 36.0 Å². The number of nitrogens with two attached hydrogens (primary N) is 1. The van der Waals surface area contributed by atoms with Crippen molar-refractivity contribution in [1.82, 2.24) is 0 Å². The van der Waals surface area contributed by atoms with Gasteiger partial charge in [-0.25, -0.2) is 0 Å². The minimum Gasteiger partial charge on any atom is -0.496 e. The van der Waals surface area contributed by atoms with Crippen LogP contribution in [0.4, 0.5) is 0 Å². The summed E-state index contributed by atoms with van der Waals surface area (Å²) in [5, 5.41) is 0. The van der Waals surface area contributed by atoms with Gasteiger partial charge in [0.2, 0.25) is 0 Å². The first kappa shape index (κ1) is 15.3. The van der Waals surface area contributed by atoms with Gasteiger partial charge in [-0.05, 0) is 43.2 Å². The maximum absolute atomic E-state index is 5.86. The van der Waals surface area contributed by atoms with Crippen molar-refractivity contribution in [2.45, 2.75) is 20.5 Å². The van der Waals surface area contributed by atoms with Gasteiger partial charge in [0.25, 0.3) is 0 Å². The molecule has 0 aliphatic heterocycles. The molecule has 3 nitrogen and oxygen atoms in total. The molecule has 0 saturated carbocycles. The van der Waals surface area contributed by atoms with Crippen molar-refractivity contribution in [3.05, 3.63) is 58.7 Å². The van der Waals surface area contributed by atoms with Gasteiger partial charge in [0.15, 0.2) is 0 Å². The molecule has 0 atom stereocenters.